The minimum absolute atomic E-state index is 0.253. The molecule has 0 saturated heterocycles. The van der Waals surface area contributed by atoms with Crippen molar-refractivity contribution >= 4 is 12.0 Å². The lowest BCUT2D eigenvalue weighted by molar-refractivity contribution is -0.140. The van der Waals surface area contributed by atoms with Crippen molar-refractivity contribution < 1.29 is 19.1 Å². The molecular formula is C15H17FN2O3. The van der Waals surface area contributed by atoms with Crippen molar-refractivity contribution in [3.8, 4) is 0 Å². The molecule has 1 aliphatic carbocycles. The van der Waals surface area contributed by atoms with E-state index in [-0.39, 0.29) is 17.9 Å². The number of carbonyl (C=O) groups is 2. The van der Waals surface area contributed by atoms with Gasteiger partial charge in [-0.05, 0) is 30.5 Å². The molecule has 6 heteroatoms. The second kappa shape index (κ2) is 6.88. The Balaban J connectivity index is 1.67. The number of amides is 2. The van der Waals surface area contributed by atoms with Crippen LogP contribution in [0.4, 0.5) is 9.18 Å². The van der Waals surface area contributed by atoms with Gasteiger partial charge >= 0.3 is 12.0 Å². The third-order valence-corrected chi connectivity index (χ3v) is 3.33. The van der Waals surface area contributed by atoms with Crippen molar-refractivity contribution in [3.63, 3.8) is 0 Å². The number of urea groups is 1. The molecule has 21 heavy (non-hydrogen) atoms. The van der Waals surface area contributed by atoms with Crippen molar-refractivity contribution in [3.05, 3.63) is 47.8 Å². The van der Waals surface area contributed by atoms with E-state index in [0.717, 1.165) is 5.56 Å². The van der Waals surface area contributed by atoms with Gasteiger partial charge in [0, 0.05) is 6.54 Å². The Morgan fingerprint density at radius 1 is 1.24 bits per heavy atom. The number of carbonyl (C=O) groups excluding carboxylic acids is 1. The molecule has 0 spiro atoms. The van der Waals surface area contributed by atoms with Gasteiger partial charge in [-0.15, -0.1) is 0 Å². The molecule has 2 amide bonds. The fourth-order valence-corrected chi connectivity index (χ4v) is 2.18. The highest BCUT2D eigenvalue weighted by Gasteiger charge is 2.25. The summed E-state index contributed by atoms with van der Waals surface area (Å²) in [7, 11) is 0. The summed E-state index contributed by atoms with van der Waals surface area (Å²) in [6, 6.07) is 5.52. The van der Waals surface area contributed by atoms with Gasteiger partial charge in [-0.1, -0.05) is 24.3 Å². The van der Waals surface area contributed by atoms with Gasteiger partial charge in [0.15, 0.2) is 0 Å². The highest BCUT2D eigenvalue weighted by Crippen LogP contribution is 2.17. The molecule has 1 aromatic rings. The van der Waals surface area contributed by atoms with Crippen LogP contribution < -0.4 is 10.6 Å². The van der Waals surface area contributed by atoms with Crippen LogP contribution in [-0.2, 0) is 11.2 Å². The van der Waals surface area contributed by atoms with Gasteiger partial charge in [-0.2, -0.15) is 0 Å². The van der Waals surface area contributed by atoms with Crippen molar-refractivity contribution in [2.75, 3.05) is 6.54 Å². The lowest BCUT2D eigenvalue weighted by atomic mass is 10.1. The zero-order valence-corrected chi connectivity index (χ0v) is 11.4. The second-order valence-corrected chi connectivity index (χ2v) is 4.95. The molecule has 0 aromatic heterocycles. The number of nitrogens with one attached hydrogen (secondary N) is 2. The first kappa shape index (κ1) is 15.0. The number of hydrogen-bond donors (Lipinski definition) is 3. The van der Waals surface area contributed by atoms with Gasteiger partial charge in [-0.25, -0.2) is 9.18 Å². The number of halogens is 1. The SMILES string of the molecule is O=C(NCCc1ccc(F)cc1)NC1C=CC(C(=O)O)C1. The molecule has 2 rings (SSSR count). The molecule has 0 bridgehead atoms. The summed E-state index contributed by atoms with van der Waals surface area (Å²) in [4.78, 5) is 22.4. The number of aliphatic carboxylic acids is 1. The minimum Gasteiger partial charge on any atom is -0.481 e. The van der Waals surface area contributed by atoms with Gasteiger partial charge in [-0.3, -0.25) is 4.79 Å². The summed E-state index contributed by atoms with van der Waals surface area (Å²) in [6.07, 6.45) is 4.26. The standard InChI is InChI=1S/C15H17FN2O3/c16-12-4-1-10(2-5-12)7-8-17-15(21)18-13-6-3-11(9-13)14(19)20/h1-6,11,13H,7-9H2,(H,19,20)(H2,17,18,21). The fourth-order valence-electron chi connectivity index (χ4n) is 2.18. The van der Waals surface area contributed by atoms with E-state index in [1.54, 1.807) is 24.3 Å². The van der Waals surface area contributed by atoms with Crippen LogP contribution >= 0.6 is 0 Å². The van der Waals surface area contributed by atoms with Crippen LogP contribution in [0.1, 0.15) is 12.0 Å². The molecule has 1 aliphatic rings. The van der Waals surface area contributed by atoms with Crippen LogP contribution in [0.2, 0.25) is 0 Å². The highest BCUT2D eigenvalue weighted by atomic mass is 19.1. The van der Waals surface area contributed by atoms with Crippen molar-refractivity contribution in [1.82, 2.24) is 10.6 Å². The summed E-state index contributed by atoms with van der Waals surface area (Å²) in [5.74, 6) is -1.70. The summed E-state index contributed by atoms with van der Waals surface area (Å²) >= 11 is 0. The third kappa shape index (κ3) is 4.59. The molecule has 1 aromatic carbocycles. The first-order valence-electron chi connectivity index (χ1n) is 6.74. The molecule has 5 nitrogen and oxygen atoms in total. The normalized spacial score (nSPS) is 20.2. The topological polar surface area (TPSA) is 78.4 Å². The smallest absolute Gasteiger partial charge is 0.315 e. The van der Waals surface area contributed by atoms with E-state index < -0.39 is 11.9 Å². The predicted octanol–water partition coefficient (Wildman–Crippen LogP) is 1.70. The number of carboxylic acids is 1. The van der Waals surface area contributed by atoms with E-state index in [1.807, 2.05) is 0 Å². The lowest BCUT2D eigenvalue weighted by Gasteiger charge is -2.13. The Morgan fingerprint density at radius 3 is 2.57 bits per heavy atom. The Hall–Kier alpha value is -2.37. The molecule has 0 aliphatic heterocycles. The second-order valence-electron chi connectivity index (χ2n) is 4.95. The summed E-state index contributed by atoms with van der Waals surface area (Å²) in [6.45, 7) is 0.427. The maximum atomic E-state index is 12.7. The van der Waals surface area contributed by atoms with Crippen LogP contribution in [-0.4, -0.2) is 29.7 Å². The quantitative estimate of drug-likeness (QED) is 0.723. The van der Waals surface area contributed by atoms with Gasteiger partial charge in [0.25, 0.3) is 0 Å². The fraction of sp³-hybridized carbons (Fsp3) is 0.333. The number of hydrogen-bond acceptors (Lipinski definition) is 2. The molecule has 0 radical (unpaired) electrons. The van der Waals surface area contributed by atoms with E-state index in [0.29, 0.717) is 19.4 Å². The number of benzene rings is 1. The largest absolute Gasteiger partial charge is 0.481 e. The molecular weight excluding hydrogens is 275 g/mol. The van der Waals surface area contributed by atoms with Crippen LogP contribution in [0.15, 0.2) is 36.4 Å². The van der Waals surface area contributed by atoms with E-state index in [1.165, 1.54) is 12.1 Å². The molecule has 0 fully saturated rings. The molecule has 112 valence electrons. The highest BCUT2D eigenvalue weighted by molar-refractivity contribution is 5.76. The van der Waals surface area contributed by atoms with Gasteiger partial charge in [0.2, 0.25) is 0 Å². The maximum Gasteiger partial charge on any atom is 0.315 e. The first-order chi connectivity index (χ1) is 10.0. The van der Waals surface area contributed by atoms with Crippen LogP contribution in [0.25, 0.3) is 0 Å². The van der Waals surface area contributed by atoms with E-state index in [4.69, 9.17) is 5.11 Å². The first-order valence-corrected chi connectivity index (χ1v) is 6.74. The molecule has 2 atom stereocenters. The van der Waals surface area contributed by atoms with Crippen molar-refractivity contribution in [2.24, 2.45) is 5.92 Å². The van der Waals surface area contributed by atoms with Crippen molar-refractivity contribution in [2.45, 2.75) is 18.9 Å². The molecule has 2 unspecified atom stereocenters. The van der Waals surface area contributed by atoms with Crippen LogP contribution in [0.5, 0.6) is 0 Å². The molecule has 0 saturated carbocycles. The monoisotopic (exact) mass is 292 g/mol. The molecule has 0 heterocycles. The Morgan fingerprint density at radius 2 is 1.95 bits per heavy atom. The maximum absolute atomic E-state index is 12.7. The third-order valence-electron chi connectivity index (χ3n) is 3.33. The van der Waals surface area contributed by atoms with Crippen LogP contribution in [0, 0.1) is 11.7 Å². The lowest BCUT2D eigenvalue weighted by Crippen LogP contribution is -2.41. The van der Waals surface area contributed by atoms with E-state index in [9.17, 15) is 14.0 Å². The Kier molecular flexibility index (Phi) is 4.92. The summed E-state index contributed by atoms with van der Waals surface area (Å²) in [5.41, 5.74) is 0.934. The Labute approximate surface area is 121 Å². The zero-order chi connectivity index (χ0) is 15.2. The van der Waals surface area contributed by atoms with Gasteiger partial charge in [0.05, 0.1) is 12.0 Å². The molecule has 3 N–H and O–H groups in total. The number of carboxylic acid groups (broad SMARTS) is 1. The summed E-state index contributed by atoms with van der Waals surface area (Å²) in [5, 5.41) is 14.2. The average molecular weight is 292 g/mol. The van der Waals surface area contributed by atoms with Gasteiger partial charge < -0.3 is 15.7 Å². The Bertz CT molecular complexity index is 542. The zero-order valence-electron chi connectivity index (χ0n) is 11.4. The predicted molar refractivity (Wildman–Crippen MR) is 75.3 cm³/mol. The number of rotatable bonds is 5. The van der Waals surface area contributed by atoms with Crippen molar-refractivity contribution in [1.29, 1.82) is 0 Å². The summed E-state index contributed by atoms with van der Waals surface area (Å²) < 4.78 is 12.7. The van der Waals surface area contributed by atoms with Crippen LogP contribution in [0.3, 0.4) is 0 Å². The van der Waals surface area contributed by atoms with E-state index >= 15 is 0 Å². The van der Waals surface area contributed by atoms with Gasteiger partial charge in [0.1, 0.15) is 5.82 Å². The van der Waals surface area contributed by atoms with E-state index in [2.05, 4.69) is 10.6 Å². The average Bonchev–Trinajstić information content (AvgIpc) is 2.90. The minimum atomic E-state index is -0.882.